The third-order valence-electron chi connectivity index (χ3n) is 2.31. The smallest absolute Gasteiger partial charge is 0.327 e. The number of carbonyl (C=O) groups is 3. The Hall–Kier alpha value is -3.08. The van der Waals surface area contributed by atoms with Crippen LogP contribution in [0.1, 0.15) is 19.4 Å². The minimum Gasteiger partial charge on any atom is -0.482 e. The number of hydrazine groups is 1. The molecule has 0 aliphatic heterocycles. The van der Waals surface area contributed by atoms with Gasteiger partial charge in [-0.2, -0.15) is 5.26 Å². The van der Waals surface area contributed by atoms with Crippen molar-refractivity contribution in [2.45, 2.75) is 19.9 Å². The predicted octanol–water partition coefficient (Wildman–Crippen LogP) is -0.391. The van der Waals surface area contributed by atoms with Gasteiger partial charge in [-0.1, -0.05) is 12.1 Å². The summed E-state index contributed by atoms with van der Waals surface area (Å²) in [7, 11) is 0. The van der Waals surface area contributed by atoms with E-state index in [2.05, 4.69) is 5.32 Å². The van der Waals surface area contributed by atoms with E-state index in [0.29, 0.717) is 0 Å². The molecule has 0 radical (unpaired) electrons. The highest BCUT2D eigenvalue weighted by Crippen LogP contribution is 2.15. The number of nitrogens with one attached hydrogen (secondary N) is 3. The van der Waals surface area contributed by atoms with Crippen LogP contribution < -0.4 is 20.9 Å². The highest BCUT2D eigenvalue weighted by molar-refractivity contribution is 6.35. The second-order valence-corrected chi connectivity index (χ2v) is 4.53. The van der Waals surface area contributed by atoms with Crippen molar-refractivity contribution in [3.63, 3.8) is 0 Å². The van der Waals surface area contributed by atoms with Crippen molar-refractivity contribution in [3.05, 3.63) is 29.8 Å². The molecule has 116 valence electrons. The van der Waals surface area contributed by atoms with Crippen LogP contribution in [0, 0.1) is 11.3 Å². The summed E-state index contributed by atoms with van der Waals surface area (Å²) in [4.78, 5) is 34.1. The predicted molar refractivity (Wildman–Crippen MR) is 76.2 cm³/mol. The molecule has 0 aromatic heterocycles. The summed E-state index contributed by atoms with van der Waals surface area (Å²) in [6.45, 7) is 2.99. The monoisotopic (exact) mass is 304 g/mol. The summed E-state index contributed by atoms with van der Waals surface area (Å²) in [6, 6.07) is 8.14. The molecule has 0 atom stereocenters. The number of rotatable bonds is 4. The summed E-state index contributed by atoms with van der Waals surface area (Å²) in [5.74, 6) is -2.26. The third-order valence-corrected chi connectivity index (χ3v) is 2.31. The van der Waals surface area contributed by atoms with Gasteiger partial charge in [0.25, 0.3) is 5.91 Å². The fraction of sp³-hybridized carbons (Fsp3) is 0.286. The lowest BCUT2D eigenvalue weighted by molar-refractivity contribution is -0.141. The Morgan fingerprint density at radius 1 is 1.18 bits per heavy atom. The molecule has 0 spiro atoms. The highest BCUT2D eigenvalue weighted by atomic mass is 16.5. The molecule has 0 aliphatic carbocycles. The SMILES string of the molecule is CC(C)NC(=O)C(=O)NNC(=O)COc1ccccc1C#N. The molecule has 22 heavy (non-hydrogen) atoms. The van der Waals surface area contributed by atoms with Crippen molar-refractivity contribution >= 4 is 17.7 Å². The van der Waals surface area contributed by atoms with Crippen molar-refractivity contribution in [1.29, 1.82) is 5.26 Å². The van der Waals surface area contributed by atoms with Crippen molar-refractivity contribution in [3.8, 4) is 11.8 Å². The Morgan fingerprint density at radius 3 is 2.50 bits per heavy atom. The van der Waals surface area contributed by atoms with Crippen LogP contribution in [0.3, 0.4) is 0 Å². The van der Waals surface area contributed by atoms with E-state index in [1.54, 1.807) is 38.1 Å². The highest BCUT2D eigenvalue weighted by Gasteiger charge is 2.15. The van der Waals surface area contributed by atoms with E-state index in [4.69, 9.17) is 10.00 Å². The minimum atomic E-state index is -0.987. The van der Waals surface area contributed by atoms with E-state index >= 15 is 0 Å². The van der Waals surface area contributed by atoms with Gasteiger partial charge in [-0.3, -0.25) is 25.2 Å². The Kier molecular flexibility index (Phi) is 6.37. The quantitative estimate of drug-likeness (QED) is 0.517. The zero-order chi connectivity index (χ0) is 16.5. The van der Waals surface area contributed by atoms with Crippen LogP contribution in [0.2, 0.25) is 0 Å². The second kappa shape index (κ2) is 8.26. The number of benzene rings is 1. The van der Waals surface area contributed by atoms with E-state index in [1.807, 2.05) is 16.9 Å². The average Bonchev–Trinajstić information content (AvgIpc) is 2.50. The number of hydrogen-bond donors (Lipinski definition) is 3. The summed E-state index contributed by atoms with van der Waals surface area (Å²) >= 11 is 0. The number of hydrogen-bond acceptors (Lipinski definition) is 5. The molecule has 8 nitrogen and oxygen atoms in total. The van der Waals surface area contributed by atoms with Gasteiger partial charge in [0.05, 0.1) is 5.56 Å². The molecule has 0 heterocycles. The topological polar surface area (TPSA) is 120 Å². The summed E-state index contributed by atoms with van der Waals surface area (Å²) in [6.07, 6.45) is 0. The number of ether oxygens (including phenoxy) is 1. The molecule has 0 aliphatic rings. The van der Waals surface area contributed by atoms with Crippen molar-refractivity contribution in [2.24, 2.45) is 0 Å². The van der Waals surface area contributed by atoms with Crippen molar-refractivity contribution < 1.29 is 19.1 Å². The van der Waals surface area contributed by atoms with Gasteiger partial charge in [-0.05, 0) is 26.0 Å². The van der Waals surface area contributed by atoms with E-state index in [0.717, 1.165) is 0 Å². The van der Waals surface area contributed by atoms with E-state index in [1.165, 1.54) is 0 Å². The lowest BCUT2D eigenvalue weighted by Crippen LogP contribution is -2.50. The van der Waals surface area contributed by atoms with Crippen LogP contribution in [0.5, 0.6) is 5.75 Å². The first-order chi connectivity index (χ1) is 10.4. The minimum absolute atomic E-state index is 0.195. The summed E-state index contributed by atoms with van der Waals surface area (Å²) in [5, 5.41) is 11.2. The normalized spacial score (nSPS) is 9.55. The summed E-state index contributed by atoms with van der Waals surface area (Å²) < 4.78 is 5.16. The maximum atomic E-state index is 11.5. The van der Waals surface area contributed by atoms with Gasteiger partial charge < -0.3 is 10.1 Å². The van der Waals surface area contributed by atoms with Crippen LogP contribution >= 0.6 is 0 Å². The number of carbonyl (C=O) groups excluding carboxylic acids is 3. The maximum Gasteiger partial charge on any atom is 0.327 e. The molecule has 1 aromatic rings. The lowest BCUT2D eigenvalue weighted by atomic mass is 10.2. The standard InChI is InChI=1S/C14H16N4O4/c1-9(2)16-13(20)14(21)18-17-12(19)8-22-11-6-4-3-5-10(11)7-15/h3-6,9H,8H2,1-2H3,(H,16,20)(H,17,19)(H,18,21). The number of nitrogens with zero attached hydrogens (tertiary/aromatic N) is 1. The van der Waals surface area contributed by atoms with E-state index in [-0.39, 0.29) is 17.4 Å². The summed E-state index contributed by atoms with van der Waals surface area (Å²) in [5.41, 5.74) is 4.28. The molecular weight excluding hydrogens is 288 g/mol. The van der Waals surface area contributed by atoms with Gasteiger partial charge in [0.1, 0.15) is 11.8 Å². The molecule has 0 bridgehead atoms. The fourth-order valence-electron chi connectivity index (χ4n) is 1.38. The van der Waals surface area contributed by atoms with Crippen molar-refractivity contribution in [2.75, 3.05) is 6.61 Å². The molecule has 0 saturated heterocycles. The number of para-hydroxylation sites is 1. The Morgan fingerprint density at radius 2 is 1.86 bits per heavy atom. The number of nitriles is 1. The largest absolute Gasteiger partial charge is 0.482 e. The van der Waals surface area contributed by atoms with Crippen LogP contribution in [0.15, 0.2) is 24.3 Å². The van der Waals surface area contributed by atoms with Crippen molar-refractivity contribution in [1.82, 2.24) is 16.2 Å². The zero-order valence-corrected chi connectivity index (χ0v) is 12.2. The molecule has 1 rings (SSSR count). The third kappa shape index (κ3) is 5.50. The molecule has 1 aromatic carbocycles. The van der Waals surface area contributed by atoms with E-state index in [9.17, 15) is 14.4 Å². The fourth-order valence-corrected chi connectivity index (χ4v) is 1.38. The molecule has 0 saturated carbocycles. The first kappa shape index (κ1) is 17.0. The number of amides is 3. The molecule has 8 heteroatoms. The second-order valence-electron chi connectivity index (χ2n) is 4.53. The van der Waals surface area contributed by atoms with Crippen LogP contribution in [0.25, 0.3) is 0 Å². The maximum absolute atomic E-state index is 11.5. The Balaban J connectivity index is 2.40. The first-order valence-electron chi connectivity index (χ1n) is 6.45. The average molecular weight is 304 g/mol. The molecule has 3 N–H and O–H groups in total. The Labute approximate surface area is 127 Å². The van der Waals surface area contributed by atoms with Gasteiger partial charge in [0.15, 0.2) is 6.61 Å². The van der Waals surface area contributed by atoms with E-state index < -0.39 is 24.3 Å². The van der Waals surface area contributed by atoms with Gasteiger partial charge in [0, 0.05) is 6.04 Å². The van der Waals surface area contributed by atoms with Crippen LogP contribution in [-0.2, 0) is 14.4 Å². The van der Waals surface area contributed by atoms with Gasteiger partial charge in [0.2, 0.25) is 0 Å². The van der Waals surface area contributed by atoms with Gasteiger partial charge >= 0.3 is 11.8 Å². The zero-order valence-electron chi connectivity index (χ0n) is 12.2. The molecule has 0 unspecified atom stereocenters. The Bertz CT molecular complexity index is 607. The van der Waals surface area contributed by atoms with Gasteiger partial charge in [-0.25, -0.2) is 0 Å². The van der Waals surface area contributed by atoms with Crippen LogP contribution in [0.4, 0.5) is 0 Å². The van der Waals surface area contributed by atoms with Crippen LogP contribution in [-0.4, -0.2) is 30.4 Å². The first-order valence-corrected chi connectivity index (χ1v) is 6.45. The molecular formula is C14H16N4O4. The van der Waals surface area contributed by atoms with Gasteiger partial charge in [-0.15, -0.1) is 0 Å². The molecule has 0 fully saturated rings. The lowest BCUT2D eigenvalue weighted by Gasteiger charge is -2.10. The molecule has 3 amide bonds.